The average Bonchev–Trinajstić information content (AvgIpc) is 3.21. The largest absolute Gasteiger partial charge is 0.494 e. The zero-order chi connectivity index (χ0) is 39.8. The maximum absolute atomic E-state index is 12.9. The van der Waals surface area contributed by atoms with Crippen molar-refractivity contribution in [1.29, 1.82) is 0 Å². The Morgan fingerprint density at radius 3 is 1.36 bits per heavy atom. The maximum Gasteiger partial charge on any atom is 0.343 e. The molecule has 3 aromatic carbocycles. The molecule has 0 unspecified atom stereocenters. The molecule has 0 radical (unpaired) electrons. The van der Waals surface area contributed by atoms with Gasteiger partial charge in [0.1, 0.15) is 28.8 Å². The monoisotopic (exact) mass is 752 g/mol. The number of carbonyl (C=O) groups excluding carboxylic acids is 5. The second kappa shape index (κ2) is 23.8. The van der Waals surface area contributed by atoms with E-state index >= 15 is 0 Å². The summed E-state index contributed by atoms with van der Waals surface area (Å²) >= 11 is 0. The van der Waals surface area contributed by atoms with Crippen LogP contribution in [0.3, 0.4) is 0 Å². The second-order valence-electron chi connectivity index (χ2n) is 11.4. The topological polar surface area (TPSA) is 150 Å². The summed E-state index contributed by atoms with van der Waals surface area (Å²) < 4.78 is 37.6. The second-order valence-corrected chi connectivity index (χ2v) is 11.4. The van der Waals surface area contributed by atoms with E-state index in [1.165, 1.54) is 42.5 Å². The van der Waals surface area contributed by atoms with Gasteiger partial charge in [0.25, 0.3) is 0 Å². The Bertz CT molecular complexity index is 1840. The maximum atomic E-state index is 12.9. The third kappa shape index (κ3) is 15.8. The predicted octanol–water partition coefficient (Wildman–Crippen LogP) is 8.06. The fraction of sp³-hybridized carbons (Fsp3) is 0.233. The molecule has 0 aliphatic rings. The minimum Gasteiger partial charge on any atom is -0.494 e. The summed E-state index contributed by atoms with van der Waals surface area (Å²) in [6.07, 6.45) is 9.54. The van der Waals surface area contributed by atoms with Gasteiger partial charge in [-0.25, -0.2) is 24.0 Å². The molecule has 0 aliphatic carbocycles. The third-order valence-electron chi connectivity index (χ3n) is 7.33. The van der Waals surface area contributed by atoms with Crippen LogP contribution in [0.2, 0.25) is 0 Å². The van der Waals surface area contributed by atoms with Crippen molar-refractivity contribution in [1.82, 2.24) is 0 Å². The lowest BCUT2D eigenvalue weighted by Gasteiger charge is -2.09. The Balaban J connectivity index is 1.45. The number of ether oxygens (including phenoxy) is 7. The van der Waals surface area contributed by atoms with Gasteiger partial charge in [0.2, 0.25) is 0 Å². The summed E-state index contributed by atoms with van der Waals surface area (Å²) in [5.74, 6) is -0.959. The van der Waals surface area contributed by atoms with Gasteiger partial charge < -0.3 is 33.2 Å². The quantitative estimate of drug-likeness (QED) is 0.0175. The average molecular weight is 753 g/mol. The number of benzene rings is 3. The van der Waals surface area contributed by atoms with Gasteiger partial charge in [-0.05, 0) is 117 Å². The van der Waals surface area contributed by atoms with Crippen LogP contribution in [-0.2, 0) is 28.5 Å². The zero-order valence-corrected chi connectivity index (χ0v) is 30.7. The molecule has 3 aromatic rings. The Morgan fingerprint density at radius 2 is 0.927 bits per heavy atom. The summed E-state index contributed by atoms with van der Waals surface area (Å²) in [4.78, 5) is 60.4. The number of hydrogen-bond donors (Lipinski definition) is 0. The first-order valence-corrected chi connectivity index (χ1v) is 17.5. The fourth-order valence-electron chi connectivity index (χ4n) is 4.34. The molecule has 0 amide bonds. The van der Waals surface area contributed by atoms with Crippen LogP contribution >= 0.6 is 0 Å². The van der Waals surface area contributed by atoms with Crippen LogP contribution in [0.4, 0.5) is 0 Å². The molecule has 0 aliphatic heterocycles. The van der Waals surface area contributed by atoms with E-state index in [1.807, 2.05) is 0 Å². The molecule has 0 N–H and O–H groups in total. The standard InChI is InChI=1S/C43H44O12/c1-5-34(53-41(46)31-13-19-36(20-14-31)49-27-9-11-29-51-39(44)7-3)25-26-35(6-2)54-42(47)33-17-23-38(24-18-33)55-43(48)32-15-21-37(22-16-32)50-28-10-12-30-52-40(45)8-4/h5,7-8,13-26H,1,3-4,6,9-12,27-30H2,2H3/b34-25+,35-26+. The number of unbranched alkanes of at least 4 members (excludes halogenated alkanes) is 2. The van der Waals surface area contributed by atoms with Crippen molar-refractivity contribution in [2.24, 2.45) is 0 Å². The SMILES string of the molecule is C=CC(=O)OCCCCOc1ccc(C(=O)O/C(C=C)=C/C=C(\CC)OC(=O)c2ccc(OC(=O)c3ccc(OCCCCOC(=O)C=C)cc3)cc2)cc1. The van der Waals surface area contributed by atoms with Crippen molar-refractivity contribution < 1.29 is 57.1 Å². The third-order valence-corrected chi connectivity index (χ3v) is 7.33. The van der Waals surface area contributed by atoms with Gasteiger partial charge in [0.05, 0.1) is 43.1 Å². The first-order chi connectivity index (χ1) is 26.6. The van der Waals surface area contributed by atoms with Crippen molar-refractivity contribution in [2.45, 2.75) is 39.0 Å². The molecule has 55 heavy (non-hydrogen) atoms. The molecule has 0 spiro atoms. The van der Waals surface area contributed by atoms with Crippen molar-refractivity contribution in [3.8, 4) is 17.2 Å². The zero-order valence-electron chi connectivity index (χ0n) is 30.7. The number of allylic oxidation sites excluding steroid dienone is 4. The summed E-state index contributed by atoms with van der Waals surface area (Å²) in [6, 6.07) is 18.8. The van der Waals surface area contributed by atoms with Crippen molar-refractivity contribution in [3.63, 3.8) is 0 Å². The molecule has 0 saturated heterocycles. The van der Waals surface area contributed by atoms with E-state index in [9.17, 15) is 24.0 Å². The Hall–Kier alpha value is -6.69. The van der Waals surface area contributed by atoms with Crippen LogP contribution in [0.1, 0.15) is 70.1 Å². The number of hydrogen-bond acceptors (Lipinski definition) is 12. The van der Waals surface area contributed by atoms with Gasteiger partial charge in [-0.3, -0.25) is 0 Å². The molecule has 0 aromatic heterocycles. The molecule has 0 fully saturated rings. The van der Waals surface area contributed by atoms with E-state index in [-0.39, 0.29) is 35.8 Å². The lowest BCUT2D eigenvalue weighted by molar-refractivity contribution is -0.138. The van der Waals surface area contributed by atoms with E-state index in [1.54, 1.807) is 55.5 Å². The van der Waals surface area contributed by atoms with Crippen molar-refractivity contribution >= 4 is 29.8 Å². The first-order valence-electron chi connectivity index (χ1n) is 17.5. The summed E-state index contributed by atoms with van der Waals surface area (Å²) in [5.41, 5.74) is 0.815. The van der Waals surface area contributed by atoms with Gasteiger partial charge in [0, 0.05) is 18.6 Å². The Morgan fingerprint density at radius 1 is 0.509 bits per heavy atom. The molecule has 0 bridgehead atoms. The molecular formula is C43H44O12. The smallest absolute Gasteiger partial charge is 0.343 e. The fourth-order valence-corrected chi connectivity index (χ4v) is 4.34. The minimum absolute atomic E-state index is 0.138. The van der Waals surface area contributed by atoms with Gasteiger partial charge in [-0.2, -0.15) is 0 Å². The molecule has 12 nitrogen and oxygen atoms in total. The van der Waals surface area contributed by atoms with E-state index in [0.29, 0.717) is 68.1 Å². The predicted molar refractivity (Wildman–Crippen MR) is 204 cm³/mol. The van der Waals surface area contributed by atoms with Crippen LogP contribution in [0, 0.1) is 0 Å². The van der Waals surface area contributed by atoms with Gasteiger partial charge >= 0.3 is 29.8 Å². The summed E-state index contributed by atoms with van der Waals surface area (Å²) in [7, 11) is 0. The van der Waals surface area contributed by atoms with E-state index in [2.05, 4.69) is 19.7 Å². The molecule has 0 heterocycles. The van der Waals surface area contributed by atoms with Gasteiger partial charge in [0.15, 0.2) is 0 Å². The molecular weight excluding hydrogens is 708 g/mol. The summed E-state index contributed by atoms with van der Waals surface area (Å²) in [6.45, 7) is 13.6. The van der Waals surface area contributed by atoms with Crippen LogP contribution in [-0.4, -0.2) is 56.3 Å². The molecule has 12 heteroatoms. The highest BCUT2D eigenvalue weighted by molar-refractivity contribution is 5.92. The Labute approximate surface area is 320 Å². The van der Waals surface area contributed by atoms with Crippen LogP contribution in [0.15, 0.2) is 134 Å². The first kappa shape index (κ1) is 42.7. The van der Waals surface area contributed by atoms with Crippen molar-refractivity contribution in [2.75, 3.05) is 26.4 Å². The van der Waals surface area contributed by atoms with E-state index in [0.717, 1.165) is 12.2 Å². The summed E-state index contributed by atoms with van der Waals surface area (Å²) in [5, 5.41) is 0. The normalized spacial score (nSPS) is 11.0. The van der Waals surface area contributed by atoms with Crippen LogP contribution in [0.25, 0.3) is 0 Å². The Kier molecular flexibility index (Phi) is 18.5. The molecule has 0 saturated carbocycles. The number of rotatable bonds is 23. The molecule has 288 valence electrons. The minimum atomic E-state index is -0.636. The van der Waals surface area contributed by atoms with E-state index in [4.69, 9.17) is 33.2 Å². The highest BCUT2D eigenvalue weighted by Crippen LogP contribution is 2.19. The van der Waals surface area contributed by atoms with Gasteiger partial charge in [-0.15, -0.1) is 0 Å². The van der Waals surface area contributed by atoms with Crippen LogP contribution in [0.5, 0.6) is 17.2 Å². The van der Waals surface area contributed by atoms with E-state index < -0.39 is 29.8 Å². The highest BCUT2D eigenvalue weighted by Gasteiger charge is 2.14. The van der Waals surface area contributed by atoms with Crippen molar-refractivity contribution in [3.05, 3.63) is 151 Å². The highest BCUT2D eigenvalue weighted by atomic mass is 16.6. The molecule has 0 atom stereocenters. The van der Waals surface area contributed by atoms with Crippen LogP contribution < -0.4 is 14.2 Å². The number of esters is 5. The van der Waals surface area contributed by atoms with Gasteiger partial charge in [-0.1, -0.05) is 26.7 Å². The lowest BCUT2D eigenvalue weighted by atomic mass is 10.2. The molecule has 3 rings (SSSR count). The number of carbonyl (C=O) groups is 5. The lowest BCUT2D eigenvalue weighted by Crippen LogP contribution is -2.09.